The Balaban J connectivity index is 1.46. The summed E-state index contributed by atoms with van der Waals surface area (Å²) in [6.45, 7) is 0.444. The Morgan fingerprint density at radius 2 is 1.56 bits per heavy atom. The predicted molar refractivity (Wildman–Crippen MR) is 126 cm³/mol. The van der Waals surface area contributed by atoms with Gasteiger partial charge in [0, 0.05) is 18.8 Å². The molecule has 0 saturated carbocycles. The van der Waals surface area contributed by atoms with Gasteiger partial charge in [-0.2, -0.15) is 0 Å². The van der Waals surface area contributed by atoms with E-state index in [4.69, 9.17) is 9.47 Å². The molecule has 0 aromatic heterocycles. The Kier molecular flexibility index (Phi) is 8.03. The van der Waals surface area contributed by atoms with Crippen LogP contribution in [0.5, 0.6) is 11.5 Å². The highest BCUT2D eigenvalue weighted by atomic mass is 16.5. The van der Waals surface area contributed by atoms with Crippen LogP contribution in [-0.4, -0.2) is 37.4 Å². The Labute approximate surface area is 188 Å². The lowest BCUT2D eigenvalue weighted by Gasteiger charge is -2.15. The molecule has 2 amide bonds. The number of carbonyl (C=O) groups excluding carboxylic acids is 2. The van der Waals surface area contributed by atoms with Crippen LogP contribution < -0.4 is 14.8 Å². The minimum atomic E-state index is -0.278. The van der Waals surface area contributed by atoms with E-state index in [-0.39, 0.29) is 18.4 Å². The van der Waals surface area contributed by atoms with Gasteiger partial charge in [-0.15, -0.1) is 0 Å². The number of nitrogens with one attached hydrogen (secondary N) is 1. The van der Waals surface area contributed by atoms with Crippen molar-refractivity contribution in [2.24, 2.45) is 0 Å². The second-order valence-electron chi connectivity index (χ2n) is 7.15. The van der Waals surface area contributed by atoms with Crippen LogP contribution in [0.3, 0.4) is 0 Å². The smallest absolute Gasteiger partial charge is 0.246 e. The van der Waals surface area contributed by atoms with Crippen molar-refractivity contribution >= 4 is 23.6 Å². The minimum Gasteiger partial charge on any atom is -0.497 e. The van der Waals surface area contributed by atoms with E-state index in [9.17, 15) is 9.59 Å². The molecule has 0 bridgehead atoms. The number of anilines is 1. The highest BCUT2D eigenvalue weighted by Crippen LogP contribution is 2.16. The summed E-state index contributed by atoms with van der Waals surface area (Å²) >= 11 is 0. The molecule has 6 nitrogen and oxygen atoms in total. The van der Waals surface area contributed by atoms with Gasteiger partial charge in [-0.1, -0.05) is 42.5 Å². The monoisotopic (exact) mass is 430 g/mol. The van der Waals surface area contributed by atoms with Crippen LogP contribution in [0.15, 0.2) is 84.9 Å². The van der Waals surface area contributed by atoms with Crippen molar-refractivity contribution in [3.05, 3.63) is 96.1 Å². The summed E-state index contributed by atoms with van der Waals surface area (Å²) in [7, 11) is 3.16. The zero-order chi connectivity index (χ0) is 22.8. The van der Waals surface area contributed by atoms with E-state index in [0.717, 1.165) is 16.9 Å². The summed E-state index contributed by atoms with van der Waals surface area (Å²) in [5.74, 6) is 0.916. The molecule has 0 aliphatic rings. The van der Waals surface area contributed by atoms with Crippen LogP contribution in [0.1, 0.15) is 11.1 Å². The number of hydrogen-bond donors (Lipinski definition) is 1. The molecule has 0 aliphatic heterocycles. The van der Waals surface area contributed by atoms with Gasteiger partial charge in [0.05, 0.1) is 13.7 Å². The van der Waals surface area contributed by atoms with Crippen molar-refractivity contribution < 1.29 is 19.1 Å². The summed E-state index contributed by atoms with van der Waals surface area (Å²) in [6.07, 6.45) is 3.15. The second-order valence-corrected chi connectivity index (χ2v) is 7.15. The molecule has 0 radical (unpaired) electrons. The van der Waals surface area contributed by atoms with Gasteiger partial charge in [-0.25, -0.2) is 0 Å². The fraction of sp³-hybridized carbons (Fsp3) is 0.154. The fourth-order valence-electron chi connectivity index (χ4n) is 2.88. The molecule has 3 aromatic carbocycles. The van der Waals surface area contributed by atoms with Gasteiger partial charge in [0.2, 0.25) is 11.8 Å². The molecule has 0 unspecified atom stereocenters. The van der Waals surface area contributed by atoms with E-state index in [1.54, 1.807) is 44.5 Å². The van der Waals surface area contributed by atoms with Gasteiger partial charge in [-0.3, -0.25) is 9.59 Å². The van der Waals surface area contributed by atoms with E-state index < -0.39 is 0 Å². The van der Waals surface area contributed by atoms with Crippen LogP contribution in [0.25, 0.3) is 6.08 Å². The molecule has 6 heteroatoms. The highest BCUT2D eigenvalue weighted by molar-refractivity contribution is 5.97. The van der Waals surface area contributed by atoms with E-state index in [1.807, 2.05) is 54.6 Å². The number of rotatable bonds is 9. The van der Waals surface area contributed by atoms with Crippen molar-refractivity contribution in [3.8, 4) is 11.5 Å². The summed E-state index contributed by atoms with van der Waals surface area (Å²) in [5, 5.41) is 2.76. The first-order chi connectivity index (χ1) is 15.5. The molecule has 0 aliphatic carbocycles. The zero-order valence-electron chi connectivity index (χ0n) is 18.2. The van der Waals surface area contributed by atoms with Gasteiger partial charge in [-0.05, 0) is 53.6 Å². The first kappa shape index (κ1) is 22.6. The number of amides is 2. The summed E-state index contributed by atoms with van der Waals surface area (Å²) in [4.78, 5) is 25.9. The van der Waals surface area contributed by atoms with Gasteiger partial charge >= 0.3 is 0 Å². The highest BCUT2D eigenvalue weighted by Gasteiger charge is 2.11. The van der Waals surface area contributed by atoms with Crippen molar-refractivity contribution in [3.63, 3.8) is 0 Å². The second kappa shape index (κ2) is 11.4. The number of benzene rings is 3. The zero-order valence-corrected chi connectivity index (χ0v) is 18.2. The van der Waals surface area contributed by atoms with Crippen molar-refractivity contribution in [2.75, 3.05) is 26.0 Å². The van der Waals surface area contributed by atoms with Gasteiger partial charge in [0.15, 0.2) is 0 Å². The van der Waals surface area contributed by atoms with Crippen LogP contribution in [0.4, 0.5) is 5.69 Å². The van der Waals surface area contributed by atoms with Crippen LogP contribution in [0, 0.1) is 0 Å². The number of hydrogen-bond acceptors (Lipinski definition) is 4. The van der Waals surface area contributed by atoms with Crippen LogP contribution in [-0.2, 0) is 16.2 Å². The molecule has 0 fully saturated rings. The normalized spacial score (nSPS) is 10.6. The molecule has 3 rings (SSSR count). The lowest BCUT2D eigenvalue weighted by Crippen LogP contribution is -2.33. The molecule has 32 heavy (non-hydrogen) atoms. The number of methoxy groups -OCH3 is 1. The van der Waals surface area contributed by atoms with Crippen molar-refractivity contribution in [1.82, 2.24) is 4.90 Å². The Bertz CT molecular complexity index is 1050. The molecule has 3 aromatic rings. The number of carbonyl (C=O) groups is 2. The van der Waals surface area contributed by atoms with E-state index in [2.05, 4.69) is 5.32 Å². The first-order valence-electron chi connectivity index (χ1n) is 10.2. The first-order valence-corrected chi connectivity index (χ1v) is 10.2. The van der Waals surface area contributed by atoms with Crippen molar-refractivity contribution in [2.45, 2.75) is 6.61 Å². The fourth-order valence-corrected chi connectivity index (χ4v) is 2.88. The molecule has 0 saturated heterocycles. The largest absolute Gasteiger partial charge is 0.497 e. The van der Waals surface area contributed by atoms with Crippen LogP contribution in [0.2, 0.25) is 0 Å². The summed E-state index contributed by atoms with van der Waals surface area (Å²) in [6, 6.07) is 24.4. The maximum atomic E-state index is 12.3. The number of ether oxygens (including phenoxy) is 2. The average Bonchev–Trinajstić information content (AvgIpc) is 2.83. The molecular formula is C26H26N2O4. The Morgan fingerprint density at radius 1 is 0.906 bits per heavy atom. The standard InChI is InChI=1S/C26H26N2O4/c1-28(18-25(29)27-22-11-15-23(31-2)16-12-22)26(30)17-10-20-8-13-24(14-9-20)32-19-21-6-4-3-5-7-21/h3-17H,18-19H2,1-2H3,(H,27,29). The molecule has 0 atom stereocenters. The van der Waals surface area contributed by atoms with E-state index >= 15 is 0 Å². The lowest BCUT2D eigenvalue weighted by atomic mass is 10.2. The molecule has 1 N–H and O–H groups in total. The summed E-state index contributed by atoms with van der Waals surface area (Å²) < 4.78 is 10.9. The third-order valence-corrected chi connectivity index (χ3v) is 4.68. The van der Waals surface area contributed by atoms with Gasteiger partial charge in [0.25, 0.3) is 0 Å². The van der Waals surface area contributed by atoms with Crippen LogP contribution >= 0.6 is 0 Å². The summed E-state index contributed by atoms with van der Waals surface area (Å²) in [5.41, 5.74) is 2.60. The lowest BCUT2D eigenvalue weighted by molar-refractivity contribution is -0.129. The maximum Gasteiger partial charge on any atom is 0.246 e. The molecule has 0 heterocycles. The Morgan fingerprint density at radius 3 is 2.22 bits per heavy atom. The number of nitrogens with zero attached hydrogens (tertiary/aromatic N) is 1. The Hall–Kier alpha value is -4.06. The predicted octanol–water partition coefficient (Wildman–Crippen LogP) is 4.38. The minimum absolute atomic E-state index is 0.0541. The quantitative estimate of drug-likeness (QED) is 0.512. The SMILES string of the molecule is COc1ccc(NC(=O)CN(C)C(=O)C=Cc2ccc(OCc3ccccc3)cc2)cc1. The third-order valence-electron chi connectivity index (χ3n) is 4.68. The van der Waals surface area contributed by atoms with E-state index in [1.165, 1.54) is 11.0 Å². The third kappa shape index (κ3) is 7.02. The van der Waals surface area contributed by atoms with Gasteiger partial charge in [0.1, 0.15) is 18.1 Å². The van der Waals surface area contributed by atoms with Crippen molar-refractivity contribution in [1.29, 1.82) is 0 Å². The topological polar surface area (TPSA) is 67.9 Å². The molecule has 164 valence electrons. The molecule has 0 spiro atoms. The number of likely N-dealkylation sites (N-methyl/N-ethyl adjacent to an activating group) is 1. The maximum absolute atomic E-state index is 12.3. The average molecular weight is 431 g/mol. The molecular weight excluding hydrogens is 404 g/mol. The van der Waals surface area contributed by atoms with Gasteiger partial charge < -0.3 is 19.7 Å². The van der Waals surface area contributed by atoms with E-state index in [0.29, 0.717) is 18.0 Å².